The number of alkyl halides is 3. The van der Waals surface area contributed by atoms with Crippen molar-refractivity contribution >= 4 is 28.4 Å². The van der Waals surface area contributed by atoms with Gasteiger partial charge in [0.2, 0.25) is 0 Å². The second-order valence-corrected chi connectivity index (χ2v) is 11.3. The first-order valence-corrected chi connectivity index (χ1v) is 14.5. The number of H-pyrrole nitrogens is 1. The molecule has 41 heavy (non-hydrogen) atoms. The molecule has 4 aromatic rings. The van der Waals surface area contributed by atoms with Crippen molar-refractivity contribution in [3.8, 4) is 17.1 Å². The van der Waals surface area contributed by atoms with E-state index in [-0.39, 0.29) is 17.1 Å². The highest BCUT2D eigenvalue weighted by Gasteiger charge is 2.33. The molecule has 1 N–H and O–H groups in total. The fraction of sp³-hybridized carbons (Fsp3) is 0.300. The second kappa shape index (κ2) is 13.0. The highest BCUT2D eigenvalue weighted by molar-refractivity contribution is 8.15. The minimum Gasteiger partial charge on any atom is -0.492 e. The van der Waals surface area contributed by atoms with Gasteiger partial charge in [0, 0.05) is 11.1 Å². The maximum Gasteiger partial charge on any atom is 0.439 e. The van der Waals surface area contributed by atoms with Gasteiger partial charge in [-0.15, -0.1) is 0 Å². The second-order valence-electron chi connectivity index (χ2n) is 9.71. The molecule has 0 amide bonds. The Kier molecular flexibility index (Phi) is 9.19. The van der Waals surface area contributed by atoms with Crippen LogP contribution < -0.4 is 10.5 Å². The van der Waals surface area contributed by atoms with E-state index in [2.05, 4.69) is 26.8 Å². The van der Waals surface area contributed by atoms with Crippen LogP contribution in [0.15, 0.2) is 87.1 Å². The SMILES string of the molecule is O=c1[nH]c(-c2ccc(OCC3SC(c4ccc(C(F)(F)F)cc4)=NC3CCCCCc3ccccc3)cc2Cl)no1. The first-order valence-electron chi connectivity index (χ1n) is 13.2. The average molecular weight is 602 g/mol. The number of aryl methyl sites for hydroxylation is 1. The van der Waals surface area contributed by atoms with E-state index in [1.54, 1.807) is 18.2 Å². The fourth-order valence-corrected chi connectivity index (χ4v) is 6.14. The number of aromatic amines is 1. The molecule has 0 bridgehead atoms. The Morgan fingerprint density at radius 3 is 2.46 bits per heavy atom. The summed E-state index contributed by atoms with van der Waals surface area (Å²) in [4.78, 5) is 18.7. The van der Waals surface area contributed by atoms with Crippen molar-refractivity contribution < 1.29 is 22.4 Å². The van der Waals surface area contributed by atoms with Gasteiger partial charge in [0.1, 0.15) is 12.4 Å². The van der Waals surface area contributed by atoms with Gasteiger partial charge < -0.3 is 4.74 Å². The van der Waals surface area contributed by atoms with Crippen LogP contribution in [0.4, 0.5) is 13.2 Å². The molecule has 2 heterocycles. The normalized spacial score (nSPS) is 17.0. The lowest BCUT2D eigenvalue weighted by molar-refractivity contribution is -0.137. The van der Waals surface area contributed by atoms with Crippen LogP contribution in [0, 0.1) is 0 Å². The van der Waals surface area contributed by atoms with E-state index in [9.17, 15) is 18.0 Å². The van der Waals surface area contributed by atoms with E-state index in [0.717, 1.165) is 44.2 Å². The monoisotopic (exact) mass is 601 g/mol. The Morgan fingerprint density at radius 2 is 1.78 bits per heavy atom. The molecule has 3 aromatic carbocycles. The Bertz CT molecular complexity index is 1540. The van der Waals surface area contributed by atoms with E-state index in [4.69, 9.17) is 21.3 Å². The molecule has 0 fully saturated rings. The van der Waals surface area contributed by atoms with Crippen LogP contribution in [-0.2, 0) is 12.6 Å². The van der Waals surface area contributed by atoms with Crippen LogP contribution in [0.3, 0.4) is 0 Å². The molecular formula is C30H27ClF3N3O3S. The quantitative estimate of drug-likeness (QED) is 0.177. The van der Waals surface area contributed by atoms with E-state index >= 15 is 0 Å². The third-order valence-electron chi connectivity index (χ3n) is 6.79. The highest BCUT2D eigenvalue weighted by atomic mass is 35.5. The average Bonchev–Trinajstić information content (AvgIpc) is 3.58. The smallest absolute Gasteiger partial charge is 0.439 e. The number of aliphatic imine (C=N–C) groups is 1. The number of aromatic nitrogens is 2. The third kappa shape index (κ3) is 7.62. The minimum absolute atomic E-state index is 0.0215. The number of hydrogen-bond acceptors (Lipinski definition) is 6. The predicted octanol–water partition coefficient (Wildman–Crippen LogP) is 7.81. The molecule has 5 rings (SSSR count). The van der Waals surface area contributed by atoms with Crippen LogP contribution in [0.2, 0.25) is 5.02 Å². The topological polar surface area (TPSA) is 80.5 Å². The Hall–Kier alpha value is -3.50. The van der Waals surface area contributed by atoms with Crippen molar-refractivity contribution in [1.82, 2.24) is 10.1 Å². The zero-order valence-corrected chi connectivity index (χ0v) is 23.4. The number of nitrogens with one attached hydrogen (secondary N) is 1. The van der Waals surface area contributed by atoms with Crippen molar-refractivity contribution in [1.29, 1.82) is 0 Å². The maximum absolute atomic E-state index is 13.1. The number of halogens is 4. The number of rotatable bonds is 11. The zero-order chi connectivity index (χ0) is 28.8. The summed E-state index contributed by atoms with van der Waals surface area (Å²) in [5.41, 5.74) is 1.79. The van der Waals surface area contributed by atoms with E-state index in [1.165, 1.54) is 29.5 Å². The van der Waals surface area contributed by atoms with E-state index in [1.807, 2.05) is 18.2 Å². The molecule has 0 spiro atoms. The van der Waals surface area contributed by atoms with Crippen LogP contribution >= 0.6 is 23.4 Å². The Balaban J connectivity index is 1.23. The van der Waals surface area contributed by atoms with Gasteiger partial charge in [-0.3, -0.25) is 14.5 Å². The molecule has 0 radical (unpaired) electrons. The Labute approximate surface area is 244 Å². The maximum atomic E-state index is 13.1. The minimum atomic E-state index is -4.39. The van der Waals surface area contributed by atoms with Crippen molar-refractivity contribution in [3.63, 3.8) is 0 Å². The van der Waals surface area contributed by atoms with Crippen LogP contribution in [-0.4, -0.2) is 33.1 Å². The molecule has 214 valence electrons. The number of thioether (sulfide) groups is 1. The molecule has 0 saturated carbocycles. The summed E-state index contributed by atoms with van der Waals surface area (Å²) < 4.78 is 49.8. The standard InChI is InChI=1S/C30H27ClF3N3O3S/c31-24-17-22(15-16-23(24)27-36-29(38)40-37-27)39-18-26-25(10-6-2-5-9-19-7-3-1-4-8-19)35-28(41-26)20-11-13-21(14-12-20)30(32,33)34/h1,3-4,7-8,11-17,25-26H,2,5-6,9-10,18H2,(H,36,37,38). The zero-order valence-electron chi connectivity index (χ0n) is 21.9. The van der Waals surface area contributed by atoms with Crippen molar-refractivity contribution in [2.75, 3.05) is 6.61 Å². The molecule has 0 aliphatic carbocycles. The lowest BCUT2D eigenvalue weighted by Gasteiger charge is -2.18. The van der Waals surface area contributed by atoms with E-state index in [0.29, 0.717) is 33.5 Å². The Morgan fingerprint density at radius 1 is 1.00 bits per heavy atom. The molecule has 1 aromatic heterocycles. The summed E-state index contributed by atoms with van der Waals surface area (Å²) in [7, 11) is 0. The largest absolute Gasteiger partial charge is 0.492 e. The van der Waals surface area contributed by atoms with E-state index < -0.39 is 17.5 Å². The molecule has 1 aliphatic rings. The van der Waals surface area contributed by atoms with Crippen LogP contribution in [0.5, 0.6) is 5.75 Å². The number of hydrogen-bond donors (Lipinski definition) is 1. The van der Waals surface area contributed by atoms with Gasteiger partial charge in [0.05, 0.1) is 26.9 Å². The summed E-state index contributed by atoms with van der Waals surface area (Å²) in [6.07, 6.45) is 0.583. The number of nitrogens with zero attached hydrogens (tertiary/aromatic N) is 2. The number of unbranched alkanes of at least 4 members (excludes halogenated alkanes) is 2. The summed E-state index contributed by atoms with van der Waals surface area (Å²) in [6.45, 7) is 0.337. The van der Waals surface area contributed by atoms with Crippen LogP contribution in [0.25, 0.3) is 11.4 Å². The van der Waals surface area contributed by atoms with Crippen molar-refractivity contribution in [2.45, 2.75) is 49.6 Å². The van der Waals surface area contributed by atoms with Crippen LogP contribution in [0.1, 0.15) is 42.4 Å². The van der Waals surface area contributed by atoms with Gasteiger partial charge in [-0.05, 0) is 55.2 Å². The van der Waals surface area contributed by atoms with Gasteiger partial charge in [0.25, 0.3) is 0 Å². The molecular weight excluding hydrogens is 575 g/mol. The summed E-state index contributed by atoms with van der Waals surface area (Å²) in [5.74, 6) is 0.0826. The first kappa shape index (κ1) is 29.0. The van der Waals surface area contributed by atoms with Crippen molar-refractivity contribution in [2.24, 2.45) is 4.99 Å². The number of benzene rings is 3. The first-order chi connectivity index (χ1) is 19.8. The number of ether oxygens (including phenoxy) is 1. The molecule has 2 unspecified atom stereocenters. The highest BCUT2D eigenvalue weighted by Crippen LogP contribution is 2.36. The van der Waals surface area contributed by atoms with Gasteiger partial charge >= 0.3 is 11.9 Å². The summed E-state index contributed by atoms with van der Waals surface area (Å²) in [5, 5.41) is 4.69. The molecule has 0 saturated heterocycles. The summed E-state index contributed by atoms with van der Waals surface area (Å²) >= 11 is 7.92. The predicted molar refractivity (Wildman–Crippen MR) is 155 cm³/mol. The lowest BCUT2D eigenvalue weighted by atomic mass is 10.0. The van der Waals surface area contributed by atoms with Gasteiger partial charge in [-0.2, -0.15) is 13.2 Å². The fourth-order valence-electron chi connectivity index (χ4n) is 4.63. The molecule has 1 aliphatic heterocycles. The lowest BCUT2D eigenvalue weighted by Crippen LogP contribution is -2.24. The molecule has 2 atom stereocenters. The van der Waals surface area contributed by atoms with Gasteiger partial charge in [0.15, 0.2) is 5.82 Å². The summed E-state index contributed by atoms with van der Waals surface area (Å²) in [6, 6.07) is 20.5. The van der Waals surface area contributed by atoms with Crippen molar-refractivity contribution in [3.05, 3.63) is 105 Å². The third-order valence-corrected chi connectivity index (χ3v) is 8.42. The molecule has 6 nitrogen and oxygen atoms in total. The van der Waals surface area contributed by atoms with Gasteiger partial charge in [-0.1, -0.05) is 83.8 Å². The molecule has 11 heteroatoms. The van der Waals surface area contributed by atoms with Gasteiger partial charge in [-0.25, -0.2) is 4.79 Å².